The molecule has 1 saturated heterocycles. The molecule has 2 heterocycles. The van der Waals surface area contributed by atoms with Gasteiger partial charge in [-0.2, -0.15) is 0 Å². The number of hydrogen-bond acceptors (Lipinski definition) is 6. The van der Waals surface area contributed by atoms with E-state index in [1.807, 2.05) is 4.90 Å². The number of hydrogen-bond donors (Lipinski definition) is 1. The lowest BCUT2D eigenvalue weighted by Gasteiger charge is -2.34. The van der Waals surface area contributed by atoms with Crippen LogP contribution < -0.4 is 5.32 Å². The Morgan fingerprint density at radius 1 is 1.03 bits per heavy atom. The van der Waals surface area contributed by atoms with Gasteiger partial charge in [0.1, 0.15) is 23.0 Å². The molecule has 9 heteroatoms. The fraction of sp³-hybridized carbons (Fsp3) is 0.345. The van der Waals surface area contributed by atoms with Crippen molar-refractivity contribution in [1.82, 2.24) is 14.8 Å². The average molecular weight is 521 g/mol. The second-order valence-electron chi connectivity index (χ2n) is 9.78. The largest absolute Gasteiger partial charge is 0.465 e. The minimum atomic E-state index is -0.826. The number of aromatic nitrogens is 1. The highest BCUT2D eigenvalue weighted by atomic mass is 19.1. The molecule has 1 aliphatic carbocycles. The highest BCUT2D eigenvalue weighted by Gasteiger charge is 2.28. The van der Waals surface area contributed by atoms with Crippen LogP contribution in [0.5, 0.6) is 0 Å². The molecule has 7 nitrogen and oxygen atoms in total. The van der Waals surface area contributed by atoms with Crippen LogP contribution in [0.1, 0.15) is 39.1 Å². The molecule has 5 rings (SSSR count). The summed E-state index contributed by atoms with van der Waals surface area (Å²) in [5.74, 6) is -0.737. The molecule has 198 valence electrons. The fourth-order valence-electron chi connectivity index (χ4n) is 4.72. The average Bonchev–Trinajstić information content (AvgIpc) is 3.76. The number of methoxy groups -OCH3 is 1. The zero-order valence-electron chi connectivity index (χ0n) is 21.3. The zero-order chi connectivity index (χ0) is 26.6. The summed E-state index contributed by atoms with van der Waals surface area (Å²) in [4.78, 5) is 33.6. The van der Waals surface area contributed by atoms with Crippen molar-refractivity contribution in [2.24, 2.45) is 5.92 Å². The van der Waals surface area contributed by atoms with Crippen LogP contribution in [-0.4, -0.2) is 66.5 Å². The van der Waals surface area contributed by atoms with E-state index in [4.69, 9.17) is 0 Å². The third-order valence-electron chi connectivity index (χ3n) is 7.11. The first-order valence-electron chi connectivity index (χ1n) is 12.8. The monoisotopic (exact) mass is 520 g/mol. The summed E-state index contributed by atoms with van der Waals surface area (Å²) in [6.45, 7) is 4.55. The predicted octanol–water partition coefficient (Wildman–Crippen LogP) is 4.59. The van der Waals surface area contributed by atoms with Gasteiger partial charge in [0.15, 0.2) is 0 Å². The van der Waals surface area contributed by atoms with Crippen molar-refractivity contribution >= 4 is 17.7 Å². The maximum atomic E-state index is 14.9. The van der Waals surface area contributed by atoms with Gasteiger partial charge in [0.05, 0.1) is 12.7 Å². The summed E-state index contributed by atoms with van der Waals surface area (Å²) < 4.78 is 33.9. The molecule has 3 aromatic rings. The molecule has 2 aromatic carbocycles. The van der Waals surface area contributed by atoms with E-state index >= 15 is 0 Å². The molecule has 0 unspecified atom stereocenters. The molecule has 2 aliphatic rings. The van der Waals surface area contributed by atoms with Gasteiger partial charge in [0.25, 0.3) is 5.91 Å². The molecule has 0 bridgehead atoms. The van der Waals surface area contributed by atoms with E-state index in [2.05, 4.69) is 19.9 Å². The van der Waals surface area contributed by atoms with Crippen LogP contribution in [0.3, 0.4) is 0 Å². The Labute approximate surface area is 220 Å². The maximum Gasteiger partial charge on any atom is 0.341 e. The Bertz CT molecular complexity index is 1320. The first kappa shape index (κ1) is 25.8. The molecule has 0 radical (unpaired) electrons. The number of pyridine rings is 1. The van der Waals surface area contributed by atoms with Crippen molar-refractivity contribution in [3.05, 3.63) is 83.1 Å². The van der Waals surface area contributed by atoms with Crippen molar-refractivity contribution < 1.29 is 23.1 Å². The Hall–Kier alpha value is -3.85. The number of halogens is 2. The Kier molecular flexibility index (Phi) is 7.64. The number of amides is 1. The topological polar surface area (TPSA) is 74.8 Å². The third-order valence-corrected chi connectivity index (χ3v) is 7.11. The molecule has 1 N–H and O–H groups in total. The van der Waals surface area contributed by atoms with Gasteiger partial charge >= 0.3 is 5.97 Å². The van der Waals surface area contributed by atoms with Gasteiger partial charge in [-0.1, -0.05) is 24.3 Å². The number of benzene rings is 2. The number of rotatable bonds is 8. The van der Waals surface area contributed by atoms with Gasteiger partial charge in [-0.15, -0.1) is 0 Å². The highest BCUT2D eigenvalue weighted by Crippen LogP contribution is 2.30. The van der Waals surface area contributed by atoms with E-state index in [0.717, 1.165) is 44.7 Å². The van der Waals surface area contributed by atoms with Crippen LogP contribution >= 0.6 is 0 Å². The summed E-state index contributed by atoms with van der Waals surface area (Å²) in [6, 6.07) is 12.1. The molecular weight excluding hydrogens is 490 g/mol. The van der Waals surface area contributed by atoms with Crippen LogP contribution in [0.15, 0.2) is 54.7 Å². The van der Waals surface area contributed by atoms with Gasteiger partial charge in [0, 0.05) is 51.0 Å². The Morgan fingerprint density at radius 3 is 2.47 bits per heavy atom. The van der Waals surface area contributed by atoms with E-state index in [-0.39, 0.29) is 23.6 Å². The number of nitrogens with one attached hydrogen (secondary N) is 1. The number of anilines is 1. The fourth-order valence-corrected chi connectivity index (χ4v) is 4.72. The van der Waals surface area contributed by atoms with Gasteiger partial charge in [-0.05, 0) is 54.2 Å². The summed E-state index contributed by atoms with van der Waals surface area (Å²) in [5.41, 5.74) is 1.27. The molecule has 0 atom stereocenters. The lowest BCUT2D eigenvalue weighted by Crippen LogP contribution is -2.49. The van der Waals surface area contributed by atoms with Gasteiger partial charge in [-0.3, -0.25) is 9.69 Å². The van der Waals surface area contributed by atoms with Crippen LogP contribution in [0, 0.1) is 17.6 Å². The first-order valence-corrected chi connectivity index (χ1v) is 12.8. The second-order valence-corrected chi connectivity index (χ2v) is 9.78. The highest BCUT2D eigenvalue weighted by molar-refractivity contribution is 5.97. The molecule has 0 spiro atoms. The number of esters is 1. The van der Waals surface area contributed by atoms with Crippen LogP contribution in [0.4, 0.5) is 14.6 Å². The minimum absolute atomic E-state index is 0.0274. The van der Waals surface area contributed by atoms with E-state index in [1.54, 1.807) is 36.5 Å². The lowest BCUT2D eigenvalue weighted by atomic mass is 9.98. The summed E-state index contributed by atoms with van der Waals surface area (Å²) in [7, 11) is 1.17. The van der Waals surface area contributed by atoms with Gasteiger partial charge in [-0.25, -0.2) is 18.6 Å². The summed E-state index contributed by atoms with van der Waals surface area (Å²) >= 11 is 0. The number of ether oxygens (including phenoxy) is 1. The number of carbonyl (C=O) groups is 2. The molecule has 1 aliphatic heterocycles. The Balaban J connectivity index is 1.19. The quantitative estimate of drug-likeness (QED) is 0.438. The zero-order valence-corrected chi connectivity index (χ0v) is 21.3. The van der Waals surface area contributed by atoms with Crippen LogP contribution in [0.2, 0.25) is 0 Å². The Morgan fingerprint density at radius 2 is 1.82 bits per heavy atom. The standard InChI is InChI=1S/C29H30F2N4O3/c1-38-29(37)27-23(3-2-4-24(27)30)20-7-8-21(25(31)15-20)16-32-26-10-9-22(17-33-26)28(36)35-13-11-34(12-14-35)18-19-5-6-19/h2-4,7-10,15,17,19H,5-6,11-14,16,18H2,1H3,(H,32,33). The molecule has 38 heavy (non-hydrogen) atoms. The van der Waals surface area contributed by atoms with Crippen molar-refractivity contribution in [2.75, 3.05) is 45.2 Å². The maximum absolute atomic E-state index is 14.9. The number of carbonyl (C=O) groups excluding carboxylic acids is 2. The van der Waals surface area contributed by atoms with E-state index in [9.17, 15) is 18.4 Å². The molecule has 1 aromatic heterocycles. The predicted molar refractivity (Wildman–Crippen MR) is 140 cm³/mol. The smallest absolute Gasteiger partial charge is 0.341 e. The lowest BCUT2D eigenvalue weighted by molar-refractivity contribution is 0.0594. The third kappa shape index (κ3) is 5.83. The van der Waals surface area contributed by atoms with Crippen molar-refractivity contribution in [1.29, 1.82) is 0 Å². The first-order chi connectivity index (χ1) is 18.4. The molecule has 1 saturated carbocycles. The molecule has 2 fully saturated rings. The molecule has 1 amide bonds. The van der Waals surface area contributed by atoms with E-state index in [1.165, 1.54) is 32.1 Å². The molecular formula is C29H30F2N4O3. The summed E-state index contributed by atoms with van der Waals surface area (Å²) in [6.07, 6.45) is 4.20. The van der Waals surface area contributed by atoms with Gasteiger partial charge < -0.3 is 15.0 Å². The second kappa shape index (κ2) is 11.3. The SMILES string of the molecule is COC(=O)c1c(F)cccc1-c1ccc(CNc2ccc(C(=O)N3CCN(CC4CC4)CC3)cn2)c(F)c1. The summed E-state index contributed by atoms with van der Waals surface area (Å²) in [5, 5.41) is 3.07. The van der Waals surface area contributed by atoms with Crippen molar-refractivity contribution in [3.8, 4) is 11.1 Å². The number of piperazine rings is 1. The van der Waals surface area contributed by atoms with Crippen LogP contribution in [-0.2, 0) is 11.3 Å². The number of nitrogens with zero attached hydrogens (tertiary/aromatic N) is 3. The normalized spacial score (nSPS) is 15.8. The minimum Gasteiger partial charge on any atom is -0.465 e. The van der Waals surface area contributed by atoms with Gasteiger partial charge in [0.2, 0.25) is 0 Å². The van der Waals surface area contributed by atoms with Crippen molar-refractivity contribution in [3.63, 3.8) is 0 Å². The van der Waals surface area contributed by atoms with Crippen molar-refractivity contribution in [2.45, 2.75) is 19.4 Å². The van der Waals surface area contributed by atoms with E-state index < -0.39 is 17.6 Å². The van der Waals surface area contributed by atoms with Crippen LogP contribution in [0.25, 0.3) is 11.1 Å². The van der Waals surface area contributed by atoms with E-state index in [0.29, 0.717) is 22.5 Å².